The molecule has 2 aromatic heterocycles. The van der Waals surface area contributed by atoms with Gasteiger partial charge >= 0.3 is 0 Å². The molecule has 1 N–H and O–H groups in total. The lowest BCUT2D eigenvalue weighted by molar-refractivity contribution is -0.129. The molecule has 1 saturated carbocycles. The van der Waals surface area contributed by atoms with E-state index in [1.807, 2.05) is 11.1 Å². The Morgan fingerprint density at radius 3 is 2.52 bits per heavy atom. The summed E-state index contributed by atoms with van der Waals surface area (Å²) in [6, 6.07) is 11.0. The van der Waals surface area contributed by atoms with Gasteiger partial charge in [-0.25, -0.2) is 4.98 Å². The highest BCUT2D eigenvalue weighted by molar-refractivity contribution is 5.77. The Morgan fingerprint density at radius 1 is 1.06 bits per heavy atom. The largest absolute Gasteiger partial charge is 0.368 e. The van der Waals surface area contributed by atoms with E-state index in [4.69, 9.17) is 4.98 Å². The summed E-state index contributed by atoms with van der Waals surface area (Å²) < 4.78 is 2.33. The number of anilines is 3. The van der Waals surface area contributed by atoms with Gasteiger partial charge < -0.3 is 19.7 Å². The van der Waals surface area contributed by atoms with Crippen LogP contribution in [-0.4, -0.2) is 51.5 Å². The highest BCUT2D eigenvalue weighted by Crippen LogP contribution is 2.36. The van der Waals surface area contributed by atoms with Crippen LogP contribution in [0.5, 0.6) is 0 Å². The predicted molar refractivity (Wildman–Crippen MR) is 124 cm³/mol. The molecule has 2 atom stereocenters. The van der Waals surface area contributed by atoms with E-state index < -0.39 is 0 Å². The number of nitrogens with zero attached hydrogens (tertiary/aromatic N) is 5. The van der Waals surface area contributed by atoms with E-state index in [0.717, 1.165) is 48.8 Å². The summed E-state index contributed by atoms with van der Waals surface area (Å²) in [6.45, 7) is 7.26. The molecule has 1 amide bonds. The van der Waals surface area contributed by atoms with Crippen molar-refractivity contribution >= 4 is 34.3 Å². The fourth-order valence-corrected chi connectivity index (χ4v) is 4.89. The minimum atomic E-state index is 0.157. The van der Waals surface area contributed by atoms with Crippen molar-refractivity contribution in [1.82, 2.24) is 19.4 Å². The third-order valence-electron chi connectivity index (χ3n) is 6.73. The number of nitrogens with one attached hydrogen (secondary N) is 1. The SMILES string of the molecule is CC(=O)N1CCN(c2ccc(Nc3ncc4ccn(C5CCC(C)C5)c4n3)cc2)CC1. The van der Waals surface area contributed by atoms with Gasteiger partial charge in [0.15, 0.2) is 0 Å². The predicted octanol–water partition coefficient (Wildman–Crippen LogP) is 4.20. The first-order valence-corrected chi connectivity index (χ1v) is 11.3. The number of piperazine rings is 1. The zero-order chi connectivity index (χ0) is 21.4. The number of hydrogen-bond acceptors (Lipinski definition) is 5. The van der Waals surface area contributed by atoms with Crippen LogP contribution in [0.4, 0.5) is 17.3 Å². The fourth-order valence-electron chi connectivity index (χ4n) is 4.89. The van der Waals surface area contributed by atoms with Crippen LogP contribution in [0.1, 0.15) is 39.2 Å². The molecule has 7 nitrogen and oxygen atoms in total. The second-order valence-electron chi connectivity index (χ2n) is 8.93. The summed E-state index contributed by atoms with van der Waals surface area (Å²) >= 11 is 0. The Hall–Kier alpha value is -3.09. The van der Waals surface area contributed by atoms with Crippen molar-refractivity contribution in [3.8, 4) is 0 Å². The van der Waals surface area contributed by atoms with Gasteiger partial charge in [0.25, 0.3) is 0 Å². The molecule has 2 fully saturated rings. The molecule has 1 saturated heterocycles. The van der Waals surface area contributed by atoms with Gasteiger partial charge in [0.2, 0.25) is 11.9 Å². The van der Waals surface area contributed by atoms with Crippen LogP contribution in [-0.2, 0) is 4.79 Å². The third-order valence-corrected chi connectivity index (χ3v) is 6.73. The van der Waals surface area contributed by atoms with Gasteiger partial charge in [-0.1, -0.05) is 6.92 Å². The molecule has 0 radical (unpaired) electrons. The molecular formula is C24H30N6O. The number of carbonyl (C=O) groups excluding carboxylic acids is 1. The van der Waals surface area contributed by atoms with Gasteiger partial charge in [0, 0.05) is 68.3 Å². The van der Waals surface area contributed by atoms with E-state index in [-0.39, 0.29) is 5.91 Å². The number of rotatable bonds is 4. The van der Waals surface area contributed by atoms with Gasteiger partial charge in [-0.15, -0.1) is 0 Å². The average molecular weight is 419 g/mol. The van der Waals surface area contributed by atoms with Crippen LogP contribution in [0.25, 0.3) is 11.0 Å². The smallest absolute Gasteiger partial charge is 0.229 e. The minimum Gasteiger partial charge on any atom is -0.368 e. The van der Waals surface area contributed by atoms with Gasteiger partial charge in [-0.05, 0) is 55.5 Å². The van der Waals surface area contributed by atoms with E-state index in [9.17, 15) is 4.79 Å². The van der Waals surface area contributed by atoms with Crippen LogP contribution in [0.2, 0.25) is 0 Å². The Bertz CT molecular complexity index is 1070. The summed E-state index contributed by atoms with van der Waals surface area (Å²) in [5.74, 6) is 1.57. The second-order valence-corrected chi connectivity index (χ2v) is 8.93. The summed E-state index contributed by atoms with van der Waals surface area (Å²) in [4.78, 5) is 25.1. The van der Waals surface area contributed by atoms with Crippen molar-refractivity contribution < 1.29 is 4.79 Å². The van der Waals surface area contributed by atoms with E-state index in [1.54, 1.807) is 6.92 Å². The second kappa shape index (κ2) is 8.21. The lowest BCUT2D eigenvalue weighted by Gasteiger charge is -2.35. The van der Waals surface area contributed by atoms with Crippen molar-refractivity contribution in [2.45, 2.75) is 39.2 Å². The molecule has 1 aromatic carbocycles. The molecule has 5 rings (SSSR count). The maximum Gasteiger partial charge on any atom is 0.229 e. The number of amides is 1. The number of fused-ring (bicyclic) bond motifs is 1. The van der Waals surface area contributed by atoms with Gasteiger partial charge in [-0.2, -0.15) is 4.98 Å². The number of benzene rings is 1. The van der Waals surface area contributed by atoms with Gasteiger partial charge in [0.05, 0.1) is 0 Å². The number of hydrogen-bond donors (Lipinski definition) is 1. The molecule has 3 aromatic rings. The van der Waals surface area contributed by atoms with E-state index >= 15 is 0 Å². The molecule has 31 heavy (non-hydrogen) atoms. The molecular weight excluding hydrogens is 388 g/mol. The first kappa shape index (κ1) is 19.8. The summed E-state index contributed by atoms with van der Waals surface area (Å²) in [7, 11) is 0. The van der Waals surface area contributed by atoms with Crippen molar-refractivity contribution in [3.63, 3.8) is 0 Å². The minimum absolute atomic E-state index is 0.157. The first-order valence-electron chi connectivity index (χ1n) is 11.3. The Labute approximate surface area is 183 Å². The van der Waals surface area contributed by atoms with Crippen LogP contribution < -0.4 is 10.2 Å². The van der Waals surface area contributed by atoms with Crippen LogP contribution >= 0.6 is 0 Å². The zero-order valence-corrected chi connectivity index (χ0v) is 18.3. The molecule has 2 unspecified atom stereocenters. The molecule has 2 aliphatic rings. The zero-order valence-electron chi connectivity index (χ0n) is 18.3. The lowest BCUT2D eigenvalue weighted by Crippen LogP contribution is -2.48. The number of carbonyl (C=O) groups is 1. The van der Waals surface area contributed by atoms with E-state index in [0.29, 0.717) is 12.0 Å². The molecule has 7 heteroatoms. The van der Waals surface area contributed by atoms with Crippen LogP contribution in [0.3, 0.4) is 0 Å². The van der Waals surface area contributed by atoms with E-state index in [1.165, 1.54) is 24.9 Å². The molecule has 0 bridgehead atoms. The third kappa shape index (κ3) is 4.09. The maximum atomic E-state index is 11.5. The summed E-state index contributed by atoms with van der Waals surface area (Å²) in [6.07, 6.45) is 7.80. The number of aromatic nitrogens is 3. The van der Waals surface area contributed by atoms with Crippen molar-refractivity contribution in [1.29, 1.82) is 0 Å². The lowest BCUT2D eigenvalue weighted by atomic mass is 10.1. The van der Waals surface area contributed by atoms with Crippen molar-refractivity contribution in [3.05, 3.63) is 42.7 Å². The Kier molecular flexibility index (Phi) is 5.26. The monoisotopic (exact) mass is 418 g/mol. The van der Waals surface area contributed by atoms with Crippen molar-refractivity contribution in [2.75, 3.05) is 36.4 Å². The molecule has 3 heterocycles. The van der Waals surface area contributed by atoms with Crippen LogP contribution in [0.15, 0.2) is 42.7 Å². The first-order chi connectivity index (χ1) is 15.1. The quantitative estimate of drug-likeness (QED) is 0.688. The molecule has 1 aliphatic carbocycles. The topological polar surface area (TPSA) is 66.3 Å². The Balaban J connectivity index is 1.28. The summed E-state index contributed by atoms with van der Waals surface area (Å²) in [5.41, 5.74) is 3.16. The van der Waals surface area contributed by atoms with E-state index in [2.05, 4.69) is 63.2 Å². The molecule has 0 spiro atoms. The highest BCUT2D eigenvalue weighted by Gasteiger charge is 2.24. The maximum absolute atomic E-state index is 11.5. The highest BCUT2D eigenvalue weighted by atomic mass is 16.2. The van der Waals surface area contributed by atoms with Crippen molar-refractivity contribution in [2.24, 2.45) is 5.92 Å². The standard InChI is InChI=1S/C24H30N6O/c1-17-3-6-22(15-17)30-10-9-19-16-25-24(27-23(19)30)26-20-4-7-21(8-5-20)29-13-11-28(12-14-29)18(2)31/h4-5,7-10,16-17,22H,3,6,11-15H2,1-2H3,(H,25,26,27). The van der Waals surface area contributed by atoms with Gasteiger partial charge in [-0.3, -0.25) is 4.79 Å². The summed E-state index contributed by atoms with van der Waals surface area (Å²) in [5, 5.41) is 4.45. The van der Waals surface area contributed by atoms with Gasteiger partial charge in [0.1, 0.15) is 5.65 Å². The molecule has 162 valence electrons. The normalized spacial score (nSPS) is 21.6. The fraction of sp³-hybridized carbons (Fsp3) is 0.458. The molecule has 1 aliphatic heterocycles. The van der Waals surface area contributed by atoms with Crippen LogP contribution in [0, 0.1) is 5.92 Å². The average Bonchev–Trinajstić information content (AvgIpc) is 3.40. The Morgan fingerprint density at radius 2 is 1.84 bits per heavy atom.